The zero-order chi connectivity index (χ0) is 15.0. The average molecular weight is 489 g/mol. The Hall–Kier alpha value is -0.690. The topological polar surface area (TPSA) is 20.7 Å². The molecular weight excluding hydrogens is 480 g/mol. The van der Waals surface area contributed by atoms with E-state index >= 15 is 0 Å². The Morgan fingerprint density at radius 3 is 2.19 bits per heavy atom. The lowest BCUT2D eigenvalue weighted by Crippen LogP contribution is -1.99. The van der Waals surface area contributed by atoms with Gasteiger partial charge >= 0.3 is 0 Å². The lowest BCUT2D eigenvalue weighted by Gasteiger charge is -2.13. The molecule has 106 valence electrons. The van der Waals surface area contributed by atoms with Crippen molar-refractivity contribution in [2.75, 3.05) is 0 Å². The second-order valence-corrected chi connectivity index (χ2v) is 7.41. The number of halogens is 3. The largest absolute Gasteiger partial charge is 0.336 e. The van der Waals surface area contributed by atoms with E-state index in [-0.39, 0.29) is 0 Å². The van der Waals surface area contributed by atoms with E-state index in [4.69, 9.17) is 12.2 Å². The maximum atomic E-state index is 5.46. The normalized spacial score (nSPS) is 10.8. The molecule has 0 aliphatic heterocycles. The summed E-state index contributed by atoms with van der Waals surface area (Å²) in [5.41, 5.74) is 3.10. The van der Waals surface area contributed by atoms with Crippen LogP contribution in [0.1, 0.15) is 0 Å². The molecule has 0 radical (unpaired) electrons. The Labute approximate surface area is 152 Å². The zero-order valence-electron chi connectivity index (χ0n) is 10.6. The number of rotatable bonds is 2. The fourth-order valence-electron chi connectivity index (χ4n) is 2.16. The van der Waals surface area contributed by atoms with Crippen LogP contribution >= 0.6 is 60.0 Å². The minimum Gasteiger partial charge on any atom is -0.336 e. The monoisotopic (exact) mass is 486 g/mol. The van der Waals surface area contributed by atoms with Crippen molar-refractivity contribution in [2.24, 2.45) is 0 Å². The van der Waals surface area contributed by atoms with Crippen molar-refractivity contribution in [1.82, 2.24) is 9.55 Å². The lowest BCUT2D eigenvalue weighted by molar-refractivity contribution is 1.02. The molecule has 0 bridgehead atoms. The minimum absolute atomic E-state index is 0.651. The Bertz CT molecular complexity index is 830. The van der Waals surface area contributed by atoms with Gasteiger partial charge in [-0.15, -0.1) is 0 Å². The lowest BCUT2D eigenvalue weighted by atomic mass is 10.1. The molecule has 1 N–H and O–H groups in total. The maximum Gasteiger partial charge on any atom is 0.182 e. The summed E-state index contributed by atoms with van der Waals surface area (Å²) < 4.78 is 5.57. The first-order chi connectivity index (χ1) is 10.1. The van der Waals surface area contributed by atoms with Crippen molar-refractivity contribution in [3.8, 4) is 16.9 Å². The Morgan fingerprint density at radius 1 is 0.952 bits per heavy atom. The van der Waals surface area contributed by atoms with Crippen molar-refractivity contribution < 1.29 is 0 Å². The van der Waals surface area contributed by atoms with Crippen LogP contribution in [0.3, 0.4) is 0 Å². The summed E-state index contributed by atoms with van der Waals surface area (Å²) in [5, 5.41) is 0. The van der Waals surface area contributed by atoms with Gasteiger partial charge < -0.3 is 4.98 Å². The molecule has 3 aromatic rings. The molecule has 2 aromatic carbocycles. The molecule has 0 unspecified atom stereocenters. The SMILES string of the molecule is S=c1[nH]cc(-c2ccccc2)n1-c1c(Br)cc(Br)cc1Br. The number of nitrogens with one attached hydrogen (secondary N) is 1. The Morgan fingerprint density at radius 2 is 1.57 bits per heavy atom. The van der Waals surface area contributed by atoms with E-state index in [1.807, 2.05) is 41.1 Å². The number of hydrogen-bond acceptors (Lipinski definition) is 1. The standard InChI is InChI=1S/C15H9Br3N2S/c16-10-6-11(17)14(12(18)7-10)20-13(8-19-15(20)21)9-4-2-1-3-5-9/h1-8H,(H,19,21). The van der Waals surface area contributed by atoms with Crippen LogP contribution < -0.4 is 0 Å². The van der Waals surface area contributed by atoms with E-state index in [1.54, 1.807) is 0 Å². The van der Waals surface area contributed by atoms with Crippen LogP contribution in [0.5, 0.6) is 0 Å². The molecule has 2 nitrogen and oxygen atoms in total. The van der Waals surface area contributed by atoms with Crippen molar-refractivity contribution in [1.29, 1.82) is 0 Å². The molecule has 0 aliphatic carbocycles. The second-order valence-electron chi connectivity index (χ2n) is 4.40. The maximum absolute atomic E-state index is 5.46. The van der Waals surface area contributed by atoms with Gasteiger partial charge in [0.2, 0.25) is 0 Å². The predicted molar refractivity (Wildman–Crippen MR) is 99.5 cm³/mol. The van der Waals surface area contributed by atoms with Gasteiger partial charge in [-0.25, -0.2) is 0 Å². The summed E-state index contributed by atoms with van der Waals surface area (Å²) in [6.07, 6.45) is 1.93. The molecule has 1 aromatic heterocycles. The Kier molecular flexibility index (Phi) is 4.49. The number of aromatic amines is 1. The number of H-pyrrole nitrogens is 1. The van der Waals surface area contributed by atoms with Crippen molar-refractivity contribution in [2.45, 2.75) is 0 Å². The molecule has 21 heavy (non-hydrogen) atoms. The van der Waals surface area contributed by atoms with Crippen molar-refractivity contribution >= 4 is 60.0 Å². The van der Waals surface area contributed by atoms with E-state index in [2.05, 4.69) is 64.9 Å². The van der Waals surface area contributed by atoms with Crippen LogP contribution in [-0.2, 0) is 0 Å². The van der Waals surface area contributed by atoms with E-state index < -0.39 is 0 Å². The fraction of sp³-hybridized carbons (Fsp3) is 0. The molecule has 0 saturated heterocycles. The van der Waals surface area contributed by atoms with Gasteiger partial charge in [0.05, 0.1) is 11.4 Å². The van der Waals surface area contributed by atoms with E-state index in [0.29, 0.717) is 4.77 Å². The van der Waals surface area contributed by atoms with Gasteiger partial charge in [0, 0.05) is 25.2 Å². The van der Waals surface area contributed by atoms with Gasteiger partial charge in [-0.1, -0.05) is 46.3 Å². The highest BCUT2D eigenvalue weighted by atomic mass is 79.9. The van der Waals surface area contributed by atoms with Crippen LogP contribution in [0.15, 0.2) is 62.1 Å². The van der Waals surface area contributed by atoms with Crippen LogP contribution in [0.25, 0.3) is 16.9 Å². The van der Waals surface area contributed by atoms with Crippen LogP contribution in [0.4, 0.5) is 0 Å². The first-order valence-electron chi connectivity index (χ1n) is 6.08. The molecule has 0 fully saturated rings. The second kappa shape index (κ2) is 6.20. The molecule has 0 spiro atoms. The van der Waals surface area contributed by atoms with Gasteiger partial charge in [0.25, 0.3) is 0 Å². The van der Waals surface area contributed by atoms with Crippen LogP contribution in [0, 0.1) is 4.77 Å². The van der Waals surface area contributed by atoms with Crippen molar-refractivity contribution in [3.63, 3.8) is 0 Å². The van der Waals surface area contributed by atoms with Crippen molar-refractivity contribution in [3.05, 3.63) is 66.9 Å². The number of imidazole rings is 1. The summed E-state index contributed by atoms with van der Waals surface area (Å²) >= 11 is 16.2. The van der Waals surface area contributed by atoms with Gasteiger partial charge in [-0.2, -0.15) is 0 Å². The Balaban J connectivity index is 2.30. The van der Waals surface area contributed by atoms with E-state index in [0.717, 1.165) is 30.4 Å². The fourth-order valence-corrected chi connectivity index (χ4v) is 5.02. The third-order valence-corrected chi connectivity index (χ3v) is 5.02. The third-order valence-electron chi connectivity index (χ3n) is 3.05. The van der Waals surface area contributed by atoms with Gasteiger partial charge in [0.15, 0.2) is 4.77 Å². The van der Waals surface area contributed by atoms with Crippen LogP contribution in [-0.4, -0.2) is 9.55 Å². The number of hydrogen-bond donors (Lipinski definition) is 1. The molecule has 0 saturated carbocycles. The van der Waals surface area contributed by atoms with Gasteiger partial charge in [0.1, 0.15) is 0 Å². The summed E-state index contributed by atoms with van der Waals surface area (Å²) in [5.74, 6) is 0. The molecular formula is C15H9Br3N2S. The summed E-state index contributed by atoms with van der Waals surface area (Å²) in [6.45, 7) is 0. The smallest absolute Gasteiger partial charge is 0.182 e. The predicted octanol–water partition coefficient (Wildman–Crippen LogP) is 6.49. The highest BCUT2D eigenvalue weighted by Gasteiger charge is 2.15. The highest BCUT2D eigenvalue weighted by molar-refractivity contribution is 9.11. The molecule has 0 amide bonds. The average Bonchev–Trinajstić information content (AvgIpc) is 2.81. The number of benzene rings is 2. The number of aromatic nitrogens is 2. The van der Waals surface area contributed by atoms with E-state index in [9.17, 15) is 0 Å². The first kappa shape index (κ1) is 15.2. The zero-order valence-corrected chi connectivity index (χ0v) is 16.2. The number of nitrogens with zero attached hydrogens (tertiary/aromatic N) is 1. The molecule has 0 atom stereocenters. The minimum atomic E-state index is 0.651. The first-order valence-corrected chi connectivity index (χ1v) is 8.87. The molecule has 1 heterocycles. The van der Waals surface area contributed by atoms with Gasteiger partial charge in [-0.05, 0) is 56.2 Å². The molecule has 6 heteroatoms. The quantitative estimate of drug-likeness (QED) is 0.409. The summed E-state index contributed by atoms with van der Waals surface area (Å²) in [7, 11) is 0. The molecule has 3 rings (SSSR count). The molecule has 0 aliphatic rings. The summed E-state index contributed by atoms with van der Waals surface area (Å²) in [4.78, 5) is 3.13. The third kappa shape index (κ3) is 2.95. The van der Waals surface area contributed by atoms with Gasteiger partial charge in [-0.3, -0.25) is 4.57 Å². The summed E-state index contributed by atoms with van der Waals surface area (Å²) in [6, 6.07) is 14.2. The van der Waals surface area contributed by atoms with E-state index in [1.165, 1.54) is 0 Å². The van der Waals surface area contributed by atoms with Crippen LogP contribution in [0.2, 0.25) is 0 Å². The highest BCUT2D eigenvalue weighted by Crippen LogP contribution is 2.35.